The van der Waals surface area contributed by atoms with Crippen LogP contribution in [0.1, 0.15) is 24.5 Å². The molecular formula is C21H24N2O2. The number of rotatable bonds is 4. The summed E-state index contributed by atoms with van der Waals surface area (Å²) in [7, 11) is 0. The minimum Gasteiger partial charge on any atom is -0.312 e. The van der Waals surface area contributed by atoms with E-state index in [1.807, 2.05) is 69.3 Å². The highest BCUT2D eigenvalue weighted by atomic mass is 16.2. The van der Waals surface area contributed by atoms with E-state index in [9.17, 15) is 9.59 Å². The molecule has 1 saturated heterocycles. The van der Waals surface area contributed by atoms with Crippen molar-refractivity contribution in [2.75, 3.05) is 22.9 Å². The van der Waals surface area contributed by atoms with Crippen LogP contribution in [-0.2, 0) is 9.59 Å². The van der Waals surface area contributed by atoms with Crippen LogP contribution in [0.5, 0.6) is 0 Å². The molecule has 0 aliphatic carbocycles. The first kappa shape index (κ1) is 17.2. The van der Waals surface area contributed by atoms with Gasteiger partial charge in [-0.15, -0.1) is 0 Å². The van der Waals surface area contributed by atoms with Crippen LogP contribution in [0.15, 0.2) is 48.5 Å². The van der Waals surface area contributed by atoms with Crippen molar-refractivity contribution in [3.63, 3.8) is 0 Å². The predicted molar refractivity (Wildman–Crippen MR) is 101 cm³/mol. The maximum absolute atomic E-state index is 13.0. The van der Waals surface area contributed by atoms with Crippen LogP contribution in [0, 0.1) is 19.8 Å². The molecule has 0 saturated carbocycles. The second-order valence-electron chi connectivity index (χ2n) is 6.67. The van der Waals surface area contributed by atoms with Crippen molar-refractivity contribution in [2.24, 2.45) is 5.92 Å². The summed E-state index contributed by atoms with van der Waals surface area (Å²) in [5.41, 5.74) is 4.00. The predicted octanol–water partition coefficient (Wildman–Crippen LogP) is 3.71. The van der Waals surface area contributed by atoms with E-state index in [1.165, 1.54) is 0 Å². The SMILES string of the molecule is CCN(C(=O)C1CC(=O)N(c2cccc(C)c2)C1)c1cccc(C)c1. The number of benzene rings is 2. The Hall–Kier alpha value is -2.62. The van der Waals surface area contributed by atoms with E-state index in [4.69, 9.17) is 0 Å². The number of hydrogen-bond donors (Lipinski definition) is 0. The molecule has 1 atom stereocenters. The fraction of sp³-hybridized carbons (Fsp3) is 0.333. The molecule has 130 valence electrons. The molecule has 4 heteroatoms. The minimum atomic E-state index is -0.298. The summed E-state index contributed by atoms with van der Waals surface area (Å²) >= 11 is 0. The van der Waals surface area contributed by atoms with E-state index in [-0.39, 0.29) is 24.2 Å². The van der Waals surface area contributed by atoms with E-state index in [1.54, 1.807) is 9.80 Å². The van der Waals surface area contributed by atoms with Crippen molar-refractivity contribution in [1.29, 1.82) is 0 Å². The maximum atomic E-state index is 13.0. The summed E-state index contributed by atoms with van der Waals surface area (Å²) in [6.45, 7) is 7.03. The Labute approximate surface area is 149 Å². The number of amides is 2. The quantitative estimate of drug-likeness (QED) is 0.854. The van der Waals surface area contributed by atoms with Gasteiger partial charge in [0.25, 0.3) is 0 Å². The Morgan fingerprint density at radius 1 is 1.12 bits per heavy atom. The fourth-order valence-corrected chi connectivity index (χ4v) is 3.40. The van der Waals surface area contributed by atoms with Crippen molar-refractivity contribution >= 4 is 23.2 Å². The van der Waals surface area contributed by atoms with Gasteiger partial charge in [-0.05, 0) is 56.2 Å². The van der Waals surface area contributed by atoms with E-state index in [0.717, 1.165) is 22.5 Å². The van der Waals surface area contributed by atoms with Crippen molar-refractivity contribution in [1.82, 2.24) is 0 Å². The van der Waals surface area contributed by atoms with Crippen LogP contribution in [0.2, 0.25) is 0 Å². The van der Waals surface area contributed by atoms with E-state index < -0.39 is 0 Å². The highest BCUT2D eigenvalue weighted by molar-refractivity contribution is 6.04. The molecule has 0 bridgehead atoms. The van der Waals surface area contributed by atoms with Crippen molar-refractivity contribution in [3.05, 3.63) is 59.7 Å². The largest absolute Gasteiger partial charge is 0.312 e. The van der Waals surface area contributed by atoms with E-state index in [2.05, 4.69) is 0 Å². The van der Waals surface area contributed by atoms with Crippen LogP contribution in [-0.4, -0.2) is 24.9 Å². The van der Waals surface area contributed by atoms with Crippen LogP contribution in [0.4, 0.5) is 11.4 Å². The molecule has 3 rings (SSSR count). The lowest BCUT2D eigenvalue weighted by Gasteiger charge is -2.25. The first-order chi connectivity index (χ1) is 12.0. The molecule has 0 radical (unpaired) electrons. The van der Waals surface area contributed by atoms with Gasteiger partial charge in [0.05, 0.1) is 5.92 Å². The highest BCUT2D eigenvalue weighted by Crippen LogP contribution is 2.28. The summed E-state index contributed by atoms with van der Waals surface area (Å²) in [5, 5.41) is 0. The normalized spacial score (nSPS) is 17.0. The second-order valence-corrected chi connectivity index (χ2v) is 6.67. The first-order valence-electron chi connectivity index (χ1n) is 8.74. The molecule has 25 heavy (non-hydrogen) atoms. The molecule has 0 spiro atoms. The van der Waals surface area contributed by atoms with Gasteiger partial charge in [-0.25, -0.2) is 0 Å². The third-order valence-corrected chi connectivity index (χ3v) is 4.68. The number of hydrogen-bond acceptors (Lipinski definition) is 2. The first-order valence-corrected chi connectivity index (χ1v) is 8.74. The zero-order valence-corrected chi connectivity index (χ0v) is 15.0. The van der Waals surface area contributed by atoms with E-state index >= 15 is 0 Å². The maximum Gasteiger partial charge on any atom is 0.232 e. The Kier molecular flexibility index (Phi) is 4.88. The molecule has 1 unspecified atom stereocenters. The molecule has 0 aromatic heterocycles. The standard InChI is InChI=1S/C21H24N2O2/c1-4-22(18-9-5-7-15(2)11-18)21(25)17-13-20(24)23(14-17)19-10-6-8-16(3)12-19/h5-12,17H,4,13-14H2,1-3H3. The molecule has 1 heterocycles. The van der Waals surface area contributed by atoms with Crippen LogP contribution in [0.25, 0.3) is 0 Å². The number of carbonyl (C=O) groups is 2. The number of anilines is 2. The minimum absolute atomic E-state index is 0.0178. The van der Waals surface area contributed by atoms with Gasteiger partial charge in [0.2, 0.25) is 11.8 Å². The zero-order valence-electron chi connectivity index (χ0n) is 15.0. The smallest absolute Gasteiger partial charge is 0.232 e. The van der Waals surface area contributed by atoms with E-state index in [0.29, 0.717) is 13.1 Å². The summed E-state index contributed by atoms with van der Waals surface area (Å²) in [4.78, 5) is 29.0. The number of carbonyl (C=O) groups excluding carboxylic acids is 2. The third kappa shape index (κ3) is 3.58. The Bertz CT molecular complexity index is 800. The third-order valence-electron chi connectivity index (χ3n) is 4.68. The number of aryl methyl sites for hydroxylation is 2. The average Bonchev–Trinajstić information content (AvgIpc) is 2.97. The Balaban J connectivity index is 1.80. The molecule has 0 N–H and O–H groups in total. The lowest BCUT2D eigenvalue weighted by molar-refractivity contribution is -0.124. The van der Waals surface area contributed by atoms with Crippen molar-refractivity contribution in [3.8, 4) is 0 Å². The molecule has 2 amide bonds. The van der Waals surface area contributed by atoms with Gasteiger partial charge in [-0.3, -0.25) is 9.59 Å². The topological polar surface area (TPSA) is 40.6 Å². The summed E-state index contributed by atoms with van der Waals surface area (Å²) in [6, 6.07) is 15.8. The molecule has 1 aliphatic rings. The zero-order chi connectivity index (χ0) is 18.0. The van der Waals surface area contributed by atoms with Gasteiger partial charge in [0.1, 0.15) is 0 Å². The molecule has 2 aromatic rings. The van der Waals surface area contributed by atoms with Gasteiger partial charge in [0.15, 0.2) is 0 Å². The molecular weight excluding hydrogens is 312 g/mol. The van der Waals surface area contributed by atoms with Crippen LogP contribution in [0.3, 0.4) is 0 Å². The van der Waals surface area contributed by atoms with Crippen molar-refractivity contribution in [2.45, 2.75) is 27.2 Å². The Morgan fingerprint density at radius 2 is 1.80 bits per heavy atom. The lowest BCUT2D eigenvalue weighted by atomic mass is 10.1. The lowest BCUT2D eigenvalue weighted by Crippen LogP contribution is -2.37. The monoisotopic (exact) mass is 336 g/mol. The number of nitrogens with zero attached hydrogens (tertiary/aromatic N) is 2. The molecule has 1 aliphatic heterocycles. The molecule has 2 aromatic carbocycles. The van der Waals surface area contributed by atoms with Gasteiger partial charge in [0, 0.05) is 30.9 Å². The summed E-state index contributed by atoms with van der Waals surface area (Å²) < 4.78 is 0. The van der Waals surface area contributed by atoms with Gasteiger partial charge >= 0.3 is 0 Å². The van der Waals surface area contributed by atoms with Gasteiger partial charge in [-0.2, -0.15) is 0 Å². The average molecular weight is 336 g/mol. The summed E-state index contributed by atoms with van der Waals surface area (Å²) in [5.74, 6) is -0.255. The van der Waals surface area contributed by atoms with Gasteiger partial charge < -0.3 is 9.80 Å². The fourth-order valence-electron chi connectivity index (χ4n) is 3.40. The second kappa shape index (κ2) is 7.09. The van der Waals surface area contributed by atoms with Gasteiger partial charge in [-0.1, -0.05) is 24.3 Å². The summed E-state index contributed by atoms with van der Waals surface area (Å²) in [6.07, 6.45) is 0.273. The van der Waals surface area contributed by atoms with Crippen molar-refractivity contribution < 1.29 is 9.59 Å². The van der Waals surface area contributed by atoms with Crippen LogP contribution >= 0.6 is 0 Å². The molecule has 1 fully saturated rings. The molecule has 4 nitrogen and oxygen atoms in total. The Morgan fingerprint density at radius 3 is 2.44 bits per heavy atom. The highest BCUT2D eigenvalue weighted by Gasteiger charge is 2.37. The van der Waals surface area contributed by atoms with Crippen LogP contribution < -0.4 is 9.80 Å².